The average molecular weight is 369 g/mol. The summed E-state index contributed by atoms with van der Waals surface area (Å²) in [7, 11) is 0. The molecular weight excluding hydrogens is 342 g/mol. The van der Waals surface area contributed by atoms with Crippen molar-refractivity contribution in [2.45, 2.75) is 58.3 Å². The van der Waals surface area contributed by atoms with Crippen LogP contribution in [-0.2, 0) is 19.5 Å². The highest BCUT2D eigenvalue weighted by atomic mass is 16.2. The lowest BCUT2D eigenvalue weighted by Gasteiger charge is -2.25. The predicted octanol–water partition coefficient (Wildman–Crippen LogP) is 1.25. The molecule has 0 spiro atoms. The van der Waals surface area contributed by atoms with Crippen molar-refractivity contribution in [3.63, 3.8) is 0 Å². The summed E-state index contributed by atoms with van der Waals surface area (Å²) in [6.07, 6.45) is 7.22. The van der Waals surface area contributed by atoms with E-state index in [0.29, 0.717) is 29.7 Å². The number of nitrogens with one attached hydrogen (secondary N) is 1. The molecule has 2 aromatic rings. The van der Waals surface area contributed by atoms with Gasteiger partial charge in [-0.25, -0.2) is 0 Å². The van der Waals surface area contributed by atoms with Crippen LogP contribution in [0.4, 0.5) is 0 Å². The molecule has 2 fully saturated rings. The summed E-state index contributed by atoms with van der Waals surface area (Å²) in [6, 6.07) is 0.736. The van der Waals surface area contributed by atoms with Crippen LogP contribution in [0.15, 0.2) is 12.4 Å². The number of nitrogens with zero attached hydrogens (tertiary/aromatic N) is 6. The van der Waals surface area contributed by atoms with Gasteiger partial charge in [0.05, 0.1) is 6.20 Å². The van der Waals surface area contributed by atoms with E-state index in [-0.39, 0.29) is 5.91 Å². The van der Waals surface area contributed by atoms with E-state index >= 15 is 0 Å². The lowest BCUT2D eigenvalue weighted by molar-refractivity contribution is 0.0932. The highest BCUT2D eigenvalue weighted by Crippen LogP contribution is 2.33. The number of aromatic nitrogens is 5. The van der Waals surface area contributed by atoms with E-state index < -0.39 is 0 Å². The van der Waals surface area contributed by atoms with Crippen molar-refractivity contribution in [3.05, 3.63) is 29.6 Å². The first-order valence-corrected chi connectivity index (χ1v) is 10.0. The van der Waals surface area contributed by atoms with Crippen molar-refractivity contribution >= 4 is 5.91 Å². The first-order valence-electron chi connectivity index (χ1n) is 10.0. The molecule has 0 unspecified atom stereocenters. The molecule has 1 N–H and O–H groups in total. The van der Waals surface area contributed by atoms with Crippen LogP contribution in [0.3, 0.4) is 0 Å². The van der Waals surface area contributed by atoms with E-state index in [0.717, 1.165) is 51.3 Å². The molecule has 1 saturated heterocycles. The molecule has 0 bridgehead atoms. The van der Waals surface area contributed by atoms with E-state index in [2.05, 4.69) is 50.1 Å². The molecule has 1 saturated carbocycles. The van der Waals surface area contributed by atoms with Gasteiger partial charge in [-0.1, -0.05) is 0 Å². The van der Waals surface area contributed by atoms with Crippen LogP contribution in [0.1, 0.15) is 54.7 Å². The zero-order valence-corrected chi connectivity index (χ0v) is 16.0. The van der Waals surface area contributed by atoms with E-state index in [9.17, 15) is 4.79 Å². The van der Waals surface area contributed by atoms with Gasteiger partial charge in [0.2, 0.25) is 5.82 Å². The molecule has 0 aromatic carbocycles. The number of hydrogen-bond acceptors (Lipinski definition) is 5. The van der Waals surface area contributed by atoms with Crippen molar-refractivity contribution in [2.75, 3.05) is 13.1 Å². The van der Waals surface area contributed by atoms with E-state index in [1.807, 2.05) is 10.9 Å². The maximum Gasteiger partial charge on any atom is 0.289 e. The topological polar surface area (TPSA) is 80.9 Å². The third-order valence-corrected chi connectivity index (χ3v) is 6.05. The van der Waals surface area contributed by atoms with Crippen molar-refractivity contribution in [2.24, 2.45) is 11.8 Å². The minimum atomic E-state index is -0.0642. The van der Waals surface area contributed by atoms with Crippen LogP contribution in [0, 0.1) is 11.8 Å². The Kier molecular flexibility index (Phi) is 4.03. The number of rotatable bonds is 5. The van der Waals surface area contributed by atoms with Crippen molar-refractivity contribution in [1.29, 1.82) is 0 Å². The van der Waals surface area contributed by atoms with Gasteiger partial charge in [0.25, 0.3) is 5.91 Å². The minimum Gasteiger partial charge on any atom is -0.347 e. The van der Waals surface area contributed by atoms with E-state index in [1.165, 1.54) is 5.56 Å². The summed E-state index contributed by atoms with van der Waals surface area (Å²) in [5.74, 6) is 2.55. The number of fused-ring (bicyclic) bond motifs is 2. The minimum absolute atomic E-state index is 0.0642. The van der Waals surface area contributed by atoms with Crippen LogP contribution < -0.4 is 5.32 Å². The van der Waals surface area contributed by atoms with Gasteiger partial charge in [0.15, 0.2) is 0 Å². The smallest absolute Gasteiger partial charge is 0.289 e. The van der Waals surface area contributed by atoms with Crippen molar-refractivity contribution in [3.8, 4) is 0 Å². The van der Waals surface area contributed by atoms with Crippen LogP contribution in [-0.4, -0.2) is 54.5 Å². The summed E-state index contributed by atoms with van der Waals surface area (Å²) in [5.41, 5.74) is 1.27. The maximum atomic E-state index is 12.4. The summed E-state index contributed by atoms with van der Waals surface area (Å²) < 4.78 is 4.07. The first-order chi connectivity index (χ1) is 13.1. The fraction of sp³-hybridized carbons (Fsp3) is 0.684. The van der Waals surface area contributed by atoms with Crippen LogP contribution in [0.5, 0.6) is 0 Å². The second-order valence-corrected chi connectivity index (χ2v) is 8.64. The Labute approximate surface area is 158 Å². The third-order valence-electron chi connectivity index (χ3n) is 6.05. The second-order valence-electron chi connectivity index (χ2n) is 8.64. The molecule has 3 aliphatic rings. The van der Waals surface area contributed by atoms with E-state index in [1.54, 1.807) is 0 Å². The summed E-state index contributed by atoms with van der Waals surface area (Å²) >= 11 is 0. The van der Waals surface area contributed by atoms with Gasteiger partial charge < -0.3 is 9.88 Å². The zero-order chi connectivity index (χ0) is 18.5. The standard InChI is InChI=1S/C19H27N7O/c1-12(2)26-8-13(6-20-26)7-24-9-14-5-17-22-23-18(19(27)21-16-3-4-16)25(17)11-15(14)10-24/h6,8,12,14-16H,3-5,7,9-11H2,1-2H3,(H,21,27)/t14-,15-/m1/s1. The molecule has 8 nitrogen and oxygen atoms in total. The largest absolute Gasteiger partial charge is 0.347 e. The van der Waals surface area contributed by atoms with Gasteiger partial charge in [-0.15, -0.1) is 10.2 Å². The summed E-state index contributed by atoms with van der Waals surface area (Å²) in [4.78, 5) is 14.9. The Morgan fingerprint density at radius 2 is 2.04 bits per heavy atom. The summed E-state index contributed by atoms with van der Waals surface area (Å²) in [6.45, 7) is 8.21. The molecule has 1 aliphatic carbocycles. The number of carbonyl (C=O) groups excluding carboxylic acids is 1. The Morgan fingerprint density at radius 1 is 1.22 bits per heavy atom. The zero-order valence-electron chi connectivity index (χ0n) is 16.0. The SMILES string of the molecule is CC(C)n1cc(CN2C[C@H]3Cc4nnc(C(=O)NC5CC5)n4C[C@H]3C2)cn1. The Balaban J connectivity index is 1.25. The monoisotopic (exact) mass is 369 g/mol. The first kappa shape index (κ1) is 16.9. The maximum absolute atomic E-state index is 12.4. The lowest BCUT2D eigenvalue weighted by atomic mass is 9.89. The van der Waals surface area contributed by atoms with Gasteiger partial charge in [-0.05, 0) is 38.5 Å². The van der Waals surface area contributed by atoms with Gasteiger partial charge >= 0.3 is 0 Å². The van der Waals surface area contributed by atoms with Crippen LogP contribution in [0.25, 0.3) is 0 Å². The van der Waals surface area contributed by atoms with Crippen LogP contribution >= 0.6 is 0 Å². The molecule has 0 radical (unpaired) electrons. The molecule has 5 rings (SSSR count). The van der Waals surface area contributed by atoms with Crippen LogP contribution in [0.2, 0.25) is 0 Å². The number of amides is 1. The predicted molar refractivity (Wildman–Crippen MR) is 99.1 cm³/mol. The summed E-state index contributed by atoms with van der Waals surface area (Å²) in [5, 5.41) is 16.0. The fourth-order valence-electron chi connectivity index (χ4n) is 4.40. The number of carbonyl (C=O) groups is 1. The lowest BCUT2D eigenvalue weighted by Crippen LogP contribution is -2.33. The van der Waals surface area contributed by atoms with E-state index in [4.69, 9.17) is 0 Å². The molecule has 8 heteroatoms. The molecule has 144 valence electrons. The van der Waals surface area contributed by atoms with Gasteiger partial charge in [0, 0.05) is 56.4 Å². The molecular formula is C19H27N7O. The number of likely N-dealkylation sites (tertiary alicyclic amines) is 1. The molecule has 2 atom stereocenters. The van der Waals surface area contributed by atoms with Gasteiger partial charge in [0.1, 0.15) is 5.82 Å². The molecule has 1 amide bonds. The highest BCUT2D eigenvalue weighted by Gasteiger charge is 2.39. The Morgan fingerprint density at radius 3 is 2.78 bits per heavy atom. The number of hydrogen-bond donors (Lipinski definition) is 1. The molecule has 2 aliphatic heterocycles. The highest BCUT2D eigenvalue weighted by molar-refractivity contribution is 5.91. The fourth-order valence-corrected chi connectivity index (χ4v) is 4.40. The Hall–Kier alpha value is -2.22. The normalized spacial score (nSPS) is 24.9. The third kappa shape index (κ3) is 3.26. The quantitative estimate of drug-likeness (QED) is 0.858. The second kappa shape index (κ2) is 6.44. The average Bonchev–Trinajstić information content (AvgIpc) is 3.05. The van der Waals surface area contributed by atoms with Gasteiger partial charge in [-0.2, -0.15) is 5.10 Å². The molecule has 27 heavy (non-hydrogen) atoms. The molecule has 4 heterocycles. The van der Waals surface area contributed by atoms with Crippen molar-refractivity contribution in [1.82, 2.24) is 34.8 Å². The van der Waals surface area contributed by atoms with Crippen molar-refractivity contribution < 1.29 is 4.79 Å². The Bertz CT molecular complexity index is 850. The van der Waals surface area contributed by atoms with Gasteiger partial charge in [-0.3, -0.25) is 14.4 Å². The molecule has 2 aromatic heterocycles.